The van der Waals surface area contributed by atoms with Crippen molar-refractivity contribution >= 4 is 23.8 Å². The van der Waals surface area contributed by atoms with Gasteiger partial charge in [0.25, 0.3) is 0 Å². The first kappa shape index (κ1) is 36.9. The molecule has 0 amide bonds. The molecule has 0 saturated carbocycles. The number of aliphatic hydroxyl groups excluding tert-OH is 2. The van der Waals surface area contributed by atoms with E-state index >= 15 is 0 Å². The molecule has 0 radical (unpaired) electrons. The molecule has 274 valence electrons. The van der Waals surface area contributed by atoms with Crippen LogP contribution in [0, 0.1) is 0 Å². The van der Waals surface area contributed by atoms with Crippen LogP contribution in [-0.2, 0) is 12.8 Å². The molecule has 54 heavy (non-hydrogen) atoms. The van der Waals surface area contributed by atoms with Crippen molar-refractivity contribution in [3.63, 3.8) is 0 Å². The summed E-state index contributed by atoms with van der Waals surface area (Å²) in [6, 6.07) is 47.6. The predicted octanol–water partition coefficient (Wildman–Crippen LogP) is 11.9. The Morgan fingerprint density at radius 3 is 1.43 bits per heavy atom. The van der Waals surface area contributed by atoms with Crippen LogP contribution < -0.4 is 27.6 Å². The maximum atomic E-state index is 9.85. The fraction of sp³-hybridized carbons (Fsp3) is 0.100. The molecule has 6 aromatic carbocycles. The van der Waals surface area contributed by atoms with E-state index in [0.717, 1.165) is 11.1 Å². The molecule has 0 spiro atoms. The Morgan fingerprint density at radius 2 is 0.889 bits per heavy atom. The van der Waals surface area contributed by atoms with E-state index in [0.29, 0.717) is 47.3 Å². The summed E-state index contributed by atoms with van der Waals surface area (Å²) in [5.74, 6) is 3.18. The normalized spacial score (nSPS) is 15.9. The van der Waals surface area contributed by atoms with Crippen molar-refractivity contribution in [2.75, 3.05) is 13.2 Å². The molecule has 0 bridgehead atoms. The smallest absolute Gasteiger partial charge is 0.453 e. The summed E-state index contributed by atoms with van der Waals surface area (Å²) in [6.45, 7) is -0.135. The Hall–Kier alpha value is -5.40. The molecule has 1 aliphatic rings. The summed E-state index contributed by atoms with van der Waals surface area (Å²) in [6.07, 6.45) is 0.741. The zero-order chi connectivity index (χ0) is 37.1. The lowest BCUT2D eigenvalue weighted by molar-refractivity contribution is 0.296. The van der Waals surface area contributed by atoms with E-state index in [1.807, 2.05) is 97.1 Å². The quantitative estimate of drug-likeness (QED) is 0.0928. The fourth-order valence-corrected chi connectivity index (χ4v) is 11.5. The molecule has 1 heterocycles. The van der Waals surface area contributed by atoms with Gasteiger partial charge in [-0.15, -0.1) is 9.03 Å². The van der Waals surface area contributed by atoms with Gasteiger partial charge in [0.15, 0.2) is 20.0 Å². The highest BCUT2D eigenvalue weighted by Crippen LogP contribution is 2.71. The lowest BCUT2D eigenvalue weighted by Gasteiger charge is -2.28. The Bertz CT molecular complexity index is 2270. The van der Waals surface area contributed by atoms with Crippen LogP contribution in [0.2, 0.25) is 0 Å². The molecule has 0 aromatic heterocycles. The molecule has 6 aromatic rings. The second-order valence-electron chi connectivity index (χ2n) is 11.6. The molecular formula is C40H36N3O8P3. The number of rotatable bonds is 16. The molecular weight excluding hydrogens is 743 g/mol. The van der Waals surface area contributed by atoms with Crippen molar-refractivity contribution < 1.29 is 37.8 Å². The highest BCUT2D eigenvalue weighted by molar-refractivity contribution is 7.73. The van der Waals surface area contributed by atoms with Crippen molar-refractivity contribution in [2.45, 2.75) is 12.8 Å². The van der Waals surface area contributed by atoms with Crippen molar-refractivity contribution in [3.8, 4) is 46.0 Å². The number of para-hydroxylation sites is 6. The fourth-order valence-electron chi connectivity index (χ4n) is 5.30. The molecule has 1 atom stereocenters. The van der Waals surface area contributed by atoms with Gasteiger partial charge < -0.3 is 37.8 Å². The zero-order valence-electron chi connectivity index (χ0n) is 28.9. The first-order chi connectivity index (χ1) is 26.6. The summed E-state index contributed by atoms with van der Waals surface area (Å²) < 4.78 is 54.5. The Balaban J connectivity index is 1.40. The number of ether oxygens (including phenoxy) is 2. The zero-order valence-corrected chi connectivity index (χ0v) is 31.6. The standard InChI is InChI=1S/C40H36N3O8P3/c44-29-27-31-15-10-12-23-36(31)46-38-25-14-26-39(40(38)47-37-24-13-11-16-32(37)28-30-45)51-54(50-35-21-8-3-9-22-35)42-52-41-53(43-54,48-33-17-4-1-5-18-33)49-34-19-6-2-7-20-34/h1-26,44-45H,27-30H2. The lowest BCUT2D eigenvalue weighted by atomic mass is 10.1. The molecule has 7 rings (SSSR count). The SMILES string of the molecule is OCCc1ccccc1Oc1cccc(OP2(Oc3ccccc3)=NP=NP(Oc3ccccc3)(Oc3ccccc3)=N2)c1Oc1ccccc1CCO. The molecule has 0 saturated heterocycles. The highest BCUT2D eigenvalue weighted by atomic mass is 31.3. The third-order valence-electron chi connectivity index (χ3n) is 7.73. The lowest BCUT2D eigenvalue weighted by Crippen LogP contribution is -2.06. The molecule has 14 heteroatoms. The number of hydrogen-bond donors (Lipinski definition) is 2. The third kappa shape index (κ3) is 9.20. The van der Waals surface area contributed by atoms with Crippen LogP contribution in [0.3, 0.4) is 0 Å². The minimum atomic E-state index is -3.77. The van der Waals surface area contributed by atoms with Crippen molar-refractivity contribution in [1.29, 1.82) is 0 Å². The van der Waals surface area contributed by atoms with Gasteiger partial charge >= 0.3 is 15.3 Å². The molecule has 0 aliphatic carbocycles. The average Bonchev–Trinajstić information content (AvgIpc) is 3.19. The second kappa shape index (κ2) is 17.6. The van der Waals surface area contributed by atoms with Gasteiger partial charge in [-0.3, -0.25) is 0 Å². The predicted molar refractivity (Wildman–Crippen MR) is 211 cm³/mol. The largest absolute Gasteiger partial charge is 0.460 e. The van der Waals surface area contributed by atoms with Gasteiger partial charge in [0, 0.05) is 13.2 Å². The first-order valence-electron chi connectivity index (χ1n) is 17.0. The van der Waals surface area contributed by atoms with Crippen LogP contribution in [-0.4, -0.2) is 23.4 Å². The van der Waals surface area contributed by atoms with Crippen molar-refractivity contribution in [2.24, 2.45) is 13.5 Å². The van der Waals surface area contributed by atoms with E-state index in [4.69, 9.17) is 41.1 Å². The van der Waals surface area contributed by atoms with Gasteiger partial charge in [0.05, 0.1) is 0 Å². The van der Waals surface area contributed by atoms with Crippen molar-refractivity contribution in [1.82, 2.24) is 0 Å². The topological polar surface area (TPSA) is 133 Å². The van der Waals surface area contributed by atoms with Gasteiger partial charge in [-0.05, 0) is 84.6 Å². The maximum Gasteiger partial charge on any atom is 0.460 e. The molecule has 1 aliphatic heterocycles. The van der Waals surface area contributed by atoms with E-state index in [-0.39, 0.29) is 33.2 Å². The second-order valence-corrected chi connectivity index (χ2v) is 16.6. The van der Waals surface area contributed by atoms with Crippen molar-refractivity contribution in [3.05, 3.63) is 169 Å². The Labute approximate surface area is 315 Å². The number of aliphatic hydroxyl groups is 2. The van der Waals surface area contributed by atoms with Crippen LogP contribution >= 0.6 is 23.8 Å². The van der Waals surface area contributed by atoms with Crippen LogP contribution in [0.1, 0.15) is 11.1 Å². The van der Waals surface area contributed by atoms with Crippen LogP contribution in [0.25, 0.3) is 0 Å². The number of hydrogen-bond acceptors (Lipinski definition) is 11. The van der Waals surface area contributed by atoms with Crippen LogP contribution in [0.5, 0.6) is 46.0 Å². The minimum absolute atomic E-state index is 0.0561. The minimum Gasteiger partial charge on any atom is -0.453 e. The molecule has 1 unspecified atom stereocenters. The first-order valence-corrected chi connectivity index (χ1v) is 20.9. The van der Waals surface area contributed by atoms with Gasteiger partial charge in [0.2, 0.25) is 5.75 Å². The van der Waals surface area contributed by atoms with E-state index in [1.165, 1.54) is 0 Å². The Kier molecular flexibility index (Phi) is 12.1. The van der Waals surface area contributed by atoms with Gasteiger partial charge in [-0.25, -0.2) is 0 Å². The van der Waals surface area contributed by atoms with E-state index < -0.39 is 15.3 Å². The monoisotopic (exact) mass is 779 g/mol. The van der Waals surface area contributed by atoms with E-state index in [2.05, 4.69) is 0 Å². The summed E-state index contributed by atoms with van der Waals surface area (Å²) in [5.41, 5.74) is 1.58. The molecule has 0 fully saturated rings. The Morgan fingerprint density at radius 1 is 0.444 bits per heavy atom. The number of benzene rings is 6. The van der Waals surface area contributed by atoms with Gasteiger partial charge in [-0.2, -0.15) is 0 Å². The highest BCUT2D eigenvalue weighted by Gasteiger charge is 2.40. The summed E-state index contributed by atoms with van der Waals surface area (Å²) in [7, 11) is -7.15. The van der Waals surface area contributed by atoms with Crippen LogP contribution in [0.4, 0.5) is 0 Å². The maximum absolute atomic E-state index is 9.85. The van der Waals surface area contributed by atoms with E-state index in [1.54, 1.807) is 60.7 Å². The molecule has 2 N–H and O–H groups in total. The summed E-state index contributed by atoms with van der Waals surface area (Å²) in [4.78, 5) is 0. The summed E-state index contributed by atoms with van der Waals surface area (Å²) >= 11 is 0. The van der Waals surface area contributed by atoms with Gasteiger partial charge in [-0.1, -0.05) is 102 Å². The summed E-state index contributed by atoms with van der Waals surface area (Å²) in [5, 5.41) is 19.6. The van der Waals surface area contributed by atoms with Crippen LogP contribution in [0.15, 0.2) is 171 Å². The number of nitrogens with zero attached hydrogens (tertiary/aromatic N) is 3. The molecule has 11 nitrogen and oxygen atoms in total. The van der Waals surface area contributed by atoms with E-state index in [9.17, 15) is 10.2 Å². The third-order valence-corrected chi connectivity index (χ3v) is 13.8. The van der Waals surface area contributed by atoms with Gasteiger partial charge in [0.1, 0.15) is 28.7 Å². The average molecular weight is 780 g/mol.